The Morgan fingerprint density at radius 2 is 1.67 bits per heavy atom. The van der Waals surface area contributed by atoms with Crippen LogP contribution in [-0.4, -0.2) is 4.98 Å². The zero-order chi connectivity index (χ0) is 15.0. The number of hydrogen-bond acceptors (Lipinski definition) is 0. The number of hydrogen-bond donors (Lipinski definition) is 1. The molecule has 0 aliphatic heterocycles. The quantitative estimate of drug-likeness (QED) is 0.583. The Balaban J connectivity index is 2.21. The minimum atomic E-state index is 0.356. The van der Waals surface area contributed by atoms with Gasteiger partial charge in [0.2, 0.25) is 0 Å². The summed E-state index contributed by atoms with van der Waals surface area (Å²) < 4.78 is 0. The van der Waals surface area contributed by atoms with E-state index >= 15 is 0 Å². The molecule has 0 aliphatic rings. The van der Waals surface area contributed by atoms with Crippen molar-refractivity contribution in [3.8, 4) is 0 Å². The lowest BCUT2D eigenvalue weighted by Crippen LogP contribution is -2.11. The van der Waals surface area contributed by atoms with Gasteiger partial charge in [-0.2, -0.15) is 0 Å². The Bertz CT molecular complexity index is 758. The lowest BCUT2D eigenvalue weighted by molar-refractivity contribution is 0.336. The number of aromatic nitrogens is 1. The van der Waals surface area contributed by atoms with E-state index in [1.807, 2.05) is 0 Å². The average Bonchev–Trinajstić information content (AvgIpc) is 2.82. The number of benzene rings is 2. The van der Waals surface area contributed by atoms with E-state index in [0.717, 1.165) is 0 Å². The number of H-pyrrole nitrogens is 1. The van der Waals surface area contributed by atoms with Crippen LogP contribution in [0.25, 0.3) is 21.8 Å². The van der Waals surface area contributed by atoms with Crippen LogP contribution in [0.5, 0.6) is 0 Å². The SMILES string of the molecule is CCC(CC(C)(C)C)c1cccc2[nH]c3ccccc3c12. The maximum Gasteiger partial charge on any atom is 0.0467 e. The van der Waals surface area contributed by atoms with Crippen LogP contribution in [0, 0.1) is 5.41 Å². The van der Waals surface area contributed by atoms with Crippen molar-refractivity contribution in [3.05, 3.63) is 48.0 Å². The van der Waals surface area contributed by atoms with Gasteiger partial charge < -0.3 is 4.98 Å². The second-order valence-electron chi connectivity index (χ2n) is 7.31. The maximum atomic E-state index is 3.56. The molecule has 3 rings (SSSR count). The van der Waals surface area contributed by atoms with Crippen LogP contribution in [0.3, 0.4) is 0 Å². The van der Waals surface area contributed by atoms with Gasteiger partial charge >= 0.3 is 0 Å². The van der Waals surface area contributed by atoms with E-state index in [0.29, 0.717) is 11.3 Å². The van der Waals surface area contributed by atoms with E-state index in [1.54, 1.807) is 0 Å². The highest BCUT2D eigenvalue weighted by Crippen LogP contribution is 2.39. The molecule has 0 saturated heterocycles. The van der Waals surface area contributed by atoms with Crippen molar-refractivity contribution in [2.45, 2.75) is 46.5 Å². The number of nitrogens with one attached hydrogen (secondary N) is 1. The van der Waals surface area contributed by atoms with Crippen LogP contribution in [0.2, 0.25) is 0 Å². The summed E-state index contributed by atoms with van der Waals surface area (Å²) in [6.07, 6.45) is 2.41. The lowest BCUT2D eigenvalue weighted by atomic mass is 9.79. The van der Waals surface area contributed by atoms with Gasteiger partial charge in [0.05, 0.1) is 0 Å². The molecule has 0 fully saturated rings. The Kier molecular flexibility index (Phi) is 3.52. The highest BCUT2D eigenvalue weighted by atomic mass is 14.7. The molecular weight excluding hydrogens is 254 g/mol. The zero-order valence-electron chi connectivity index (χ0n) is 13.5. The summed E-state index contributed by atoms with van der Waals surface area (Å²) in [4.78, 5) is 3.56. The predicted molar refractivity (Wildman–Crippen MR) is 92.9 cm³/mol. The fraction of sp³-hybridized carbons (Fsp3) is 0.400. The second-order valence-corrected chi connectivity index (χ2v) is 7.31. The molecule has 2 aromatic carbocycles. The number of para-hydroxylation sites is 1. The van der Waals surface area contributed by atoms with Crippen LogP contribution < -0.4 is 0 Å². The summed E-state index contributed by atoms with van der Waals surface area (Å²) in [5, 5.41) is 2.78. The molecule has 0 saturated carbocycles. The molecule has 0 amide bonds. The fourth-order valence-corrected chi connectivity index (χ4v) is 3.48. The van der Waals surface area contributed by atoms with Crippen molar-refractivity contribution in [1.82, 2.24) is 4.98 Å². The van der Waals surface area contributed by atoms with E-state index in [9.17, 15) is 0 Å². The van der Waals surface area contributed by atoms with Crippen LogP contribution in [0.1, 0.15) is 52.0 Å². The highest BCUT2D eigenvalue weighted by molar-refractivity contribution is 6.09. The lowest BCUT2D eigenvalue weighted by Gasteiger charge is -2.26. The minimum absolute atomic E-state index is 0.356. The molecule has 0 bridgehead atoms. The molecule has 1 heterocycles. The average molecular weight is 279 g/mol. The highest BCUT2D eigenvalue weighted by Gasteiger charge is 2.21. The first-order chi connectivity index (χ1) is 9.99. The number of aromatic amines is 1. The van der Waals surface area contributed by atoms with E-state index in [1.165, 1.54) is 40.2 Å². The molecule has 1 unspecified atom stereocenters. The summed E-state index contributed by atoms with van der Waals surface area (Å²) in [6, 6.07) is 15.4. The van der Waals surface area contributed by atoms with Crippen molar-refractivity contribution in [3.63, 3.8) is 0 Å². The maximum absolute atomic E-state index is 3.56. The third kappa shape index (κ3) is 2.70. The standard InChI is InChI=1S/C20H25N/c1-5-14(13-20(2,3)4)15-10-8-12-18-19(15)16-9-6-7-11-17(16)21-18/h6-12,14,21H,5,13H2,1-4H3. The van der Waals surface area contributed by atoms with Crippen molar-refractivity contribution in [1.29, 1.82) is 0 Å². The predicted octanol–water partition coefficient (Wildman–Crippen LogP) is 6.25. The first-order valence-corrected chi connectivity index (χ1v) is 7.99. The molecule has 1 aromatic heterocycles. The normalized spacial score (nSPS) is 13.9. The zero-order valence-corrected chi connectivity index (χ0v) is 13.5. The van der Waals surface area contributed by atoms with Crippen molar-refractivity contribution < 1.29 is 0 Å². The molecule has 3 aromatic rings. The molecule has 1 atom stereocenters. The van der Waals surface area contributed by atoms with E-state index in [-0.39, 0.29) is 0 Å². The summed E-state index contributed by atoms with van der Waals surface area (Å²) in [5.74, 6) is 0.618. The smallest absolute Gasteiger partial charge is 0.0467 e. The van der Waals surface area contributed by atoms with Crippen molar-refractivity contribution >= 4 is 21.8 Å². The van der Waals surface area contributed by atoms with Crippen molar-refractivity contribution in [2.75, 3.05) is 0 Å². The van der Waals surface area contributed by atoms with Gasteiger partial charge in [-0.25, -0.2) is 0 Å². The number of fused-ring (bicyclic) bond motifs is 3. The molecule has 0 spiro atoms. The van der Waals surface area contributed by atoms with Gasteiger partial charge in [0.1, 0.15) is 0 Å². The summed E-state index contributed by atoms with van der Waals surface area (Å²) in [6.45, 7) is 9.32. The van der Waals surface area contributed by atoms with E-state index in [2.05, 4.69) is 75.1 Å². The van der Waals surface area contributed by atoms with Gasteiger partial charge in [-0.05, 0) is 41.9 Å². The van der Waals surface area contributed by atoms with Crippen LogP contribution >= 0.6 is 0 Å². The van der Waals surface area contributed by atoms with Gasteiger partial charge in [-0.15, -0.1) is 0 Å². The number of rotatable bonds is 3. The van der Waals surface area contributed by atoms with E-state index < -0.39 is 0 Å². The first-order valence-electron chi connectivity index (χ1n) is 7.99. The van der Waals surface area contributed by atoms with Gasteiger partial charge in [-0.3, -0.25) is 0 Å². The third-order valence-electron chi connectivity index (χ3n) is 4.35. The molecule has 0 aliphatic carbocycles. The van der Waals surface area contributed by atoms with Crippen molar-refractivity contribution in [2.24, 2.45) is 5.41 Å². The summed E-state index contributed by atoms with van der Waals surface area (Å²) >= 11 is 0. The Hall–Kier alpha value is -1.76. The van der Waals surface area contributed by atoms with E-state index in [4.69, 9.17) is 0 Å². The monoisotopic (exact) mass is 279 g/mol. The fourth-order valence-electron chi connectivity index (χ4n) is 3.48. The van der Waals surface area contributed by atoms with Crippen LogP contribution in [0.4, 0.5) is 0 Å². The first kappa shape index (κ1) is 14.2. The minimum Gasteiger partial charge on any atom is -0.355 e. The molecule has 110 valence electrons. The summed E-state index contributed by atoms with van der Waals surface area (Å²) in [7, 11) is 0. The van der Waals surface area contributed by atoms with Gasteiger partial charge in [-0.1, -0.05) is 58.0 Å². The van der Waals surface area contributed by atoms with Crippen LogP contribution in [0.15, 0.2) is 42.5 Å². The topological polar surface area (TPSA) is 15.8 Å². The second kappa shape index (κ2) is 5.22. The molecular formula is C20H25N. The molecule has 1 N–H and O–H groups in total. The van der Waals surface area contributed by atoms with Gasteiger partial charge in [0, 0.05) is 21.8 Å². The molecule has 21 heavy (non-hydrogen) atoms. The van der Waals surface area contributed by atoms with Gasteiger partial charge in [0.15, 0.2) is 0 Å². The molecule has 1 heteroatoms. The Morgan fingerprint density at radius 3 is 2.38 bits per heavy atom. The van der Waals surface area contributed by atoms with Gasteiger partial charge in [0.25, 0.3) is 0 Å². The Morgan fingerprint density at radius 1 is 0.952 bits per heavy atom. The third-order valence-corrected chi connectivity index (χ3v) is 4.35. The largest absolute Gasteiger partial charge is 0.355 e. The van der Waals surface area contributed by atoms with Crippen LogP contribution in [-0.2, 0) is 0 Å². The Labute approximate surface area is 127 Å². The summed E-state index contributed by atoms with van der Waals surface area (Å²) in [5.41, 5.74) is 4.36. The molecule has 1 nitrogen and oxygen atoms in total. The molecule has 0 radical (unpaired) electrons.